The molecule has 1 atom stereocenters. The molecule has 1 aliphatic carbocycles. The highest BCUT2D eigenvalue weighted by molar-refractivity contribution is 8.00. The Kier molecular flexibility index (Phi) is 5.21. The summed E-state index contributed by atoms with van der Waals surface area (Å²) in [5.41, 5.74) is 1.70. The maximum atomic E-state index is 13.2. The van der Waals surface area contributed by atoms with Crippen molar-refractivity contribution in [1.82, 2.24) is 19.7 Å². The van der Waals surface area contributed by atoms with Crippen LogP contribution in [0.1, 0.15) is 55.4 Å². The van der Waals surface area contributed by atoms with Crippen LogP contribution in [0.15, 0.2) is 58.4 Å². The number of aromatic nitrogens is 4. The van der Waals surface area contributed by atoms with E-state index in [9.17, 15) is 4.79 Å². The number of aromatic amines is 1. The third kappa shape index (κ3) is 3.47. The summed E-state index contributed by atoms with van der Waals surface area (Å²) < 4.78 is 7.82. The van der Waals surface area contributed by atoms with Crippen molar-refractivity contribution in [2.45, 2.75) is 55.5 Å². The maximum Gasteiger partial charge on any atom is 0.200 e. The Morgan fingerprint density at radius 3 is 2.80 bits per heavy atom. The van der Waals surface area contributed by atoms with Gasteiger partial charge in [-0.3, -0.25) is 9.36 Å². The SMILES string of the molecule is C[C@H](Sc1nnc(-c2ccco2)n1C1CCCCC1)C(=O)c1c[nH]c2ccccc12. The summed E-state index contributed by atoms with van der Waals surface area (Å²) in [6, 6.07) is 12.0. The lowest BCUT2D eigenvalue weighted by atomic mass is 9.95. The van der Waals surface area contributed by atoms with Crippen LogP contribution in [0.25, 0.3) is 22.5 Å². The molecule has 7 heteroatoms. The van der Waals surface area contributed by atoms with Gasteiger partial charge < -0.3 is 9.40 Å². The molecule has 3 aromatic heterocycles. The van der Waals surface area contributed by atoms with E-state index in [2.05, 4.69) is 19.7 Å². The second-order valence-electron chi connectivity index (χ2n) is 7.82. The molecule has 3 heterocycles. The lowest BCUT2D eigenvalue weighted by molar-refractivity contribution is 0.0995. The maximum absolute atomic E-state index is 13.2. The lowest BCUT2D eigenvalue weighted by Crippen LogP contribution is -2.18. The summed E-state index contributed by atoms with van der Waals surface area (Å²) in [6.07, 6.45) is 9.35. The molecule has 1 saturated carbocycles. The zero-order valence-corrected chi connectivity index (χ0v) is 17.7. The second-order valence-corrected chi connectivity index (χ2v) is 9.13. The highest BCUT2D eigenvalue weighted by atomic mass is 32.2. The van der Waals surface area contributed by atoms with Crippen molar-refractivity contribution in [3.05, 3.63) is 54.4 Å². The third-order valence-corrected chi connectivity index (χ3v) is 6.91. The number of carbonyl (C=O) groups excluding carboxylic acids is 1. The van der Waals surface area contributed by atoms with Crippen molar-refractivity contribution in [1.29, 1.82) is 0 Å². The van der Waals surface area contributed by atoms with E-state index in [0.717, 1.165) is 46.0 Å². The van der Waals surface area contributed by atoms with Gasteiger partial charge in [0.15, 0.2) is 16.7 Å². The zero-order chi connectivity index (χ0) is 20.5. The molecule has 6 nitrogen and oxygen atoms in total. The topological polar surface area (TPSA) is 76.7 Å². The van der Waals surface area contributed by atoms with Gasteiger partial charge in [-0.05, 0) is 38.0 Å². The zero-order valence-electron chi connectivity index (χ0n) is 16.9. The number of ketones is 1. The van der Waals surface area contributed by atoms with E-state index in [1.165, 1.54) is 31.0 Å². The Labute approximate surface area is 179 Å². The molecule has 1 fully saturated rings. The van der Waals surface area contributed by atoms with E-state index in [-0.39, 0.29) is 11.0 Å². The first-order chi connectivity index (χ1) is 14.7. The van der Waals surface area contributed by atoms with Crippen LogP contribution < -0.4 is 0 Å². The molecule has 0 unspecified atom stereocenters. The number of H-pyrrole nitrogens is 1. The number of Topliss-reactive ketones (excluding diaryl/α,β-unsaturated/α-hetero) is 1. The fourth-order valence-electron chi connectivity index (χ4n) is 4.31. The third-order valence-electron chi connectivity index (χ3n) is 5.85. The molecular weight excluding hydrogens is 396 g/mol. The van der Waals surface area contributed by atoms with Crippen molar-refractivity contribution in [2.75, 3.05) is 0 Å². The Bertz CT molecular complexity index is 1160. The second kappa shape index (κ2) is 8.14. The Morgan fingerprint density at radius 2 is 2.00 bits per heavy atom. The van der Waals surface area contributed by atoms with E-state index < -0.39 is 0 Å². The molecule has 0 saturated heterocycles. The lowest BCUT2D eigenvalue weighted by Gasteiger charge is -2.25. The van der Waals surface area contributed by atoms with Gasteiger partial charge in [0.25, 0.3) is 0 Å². The Morgan fingerprint density at radius 1 is 1.17 bits per heavy atom. The van der Waals surface area contributed by atoms with Gasteiger partial charge in [-0.25, -0.2) is 0 Å². The van der Waals surface area contributed by atoms with Gasteiger partial charge in [-0.15, -0.1) is 10.2 Å². The number of nitrogens with one attached hydrogen (secondary N) is 1. The van der Waals surface area contributed by atoms with E-state index in [1.54, 1.807) is 6.26 Å². The fraction of sp³-hybridized carbons (Fsp3) is 0.348. The molecule has 0 bridgehead atoms. The largest absolute Gasteiger partial charge is 0.461 e. The van der Waals surface area contributed by atoms with E-state index in [4.69, 9.17) is 4.42 Å². The van der Waals surface area contributed by atoms with E-state index in [0.29, 0.717) is 6.04 Å². The number of thioether (sulfide) groups is 1. The van der Waals surface area contributed by atoms with Gasteiger partial charge in [0, 0.05) is 28.7 Å². The predicted molar refractivity (Wildman–Crippen MR) is 118 cm³/mol. The van der Waals surface area contributed by atoms with Crippen LogP contribution in [-0.2, 0) is 0 Å². The van der Waals surface area contributed by atoms with E-state index >= 15 is 0 Å². The van der Waals surface area contributed by atoms with Crippen LogP contribution in [0.4, 0.5) is 0 Å². The number of fused-ring (bicyclic) bond motifs is 1. The van der Waals surface area contributed by atoms with Crippen LogP contribution in [0.5, 0.6) is 0 Å². The van der Waals surface area contributed by atoms with E-state index in [1.807, 2.05) is 49.5 Å². The first kappa shape index (κ1) is 19.2. The van der Waals surface area contributed by atoms with Gasteiger partial charge in [-0.2, -0.15) is 0 Å². The summed E-state index contributed by atoms with van der Waals surface area (Å²) in [4.78, 5) is 16.4. The van der Waals surface area contributed by atoms with Crippen LogP contribution in [0.2, 0.25) is 0 Å². The highest BCUT2D eigenvalue weighted by Crippen LogP contribution is 2.37. The van der Waals surface area contributed by atoms with Crippen LogP contribution in [0, 0.1) is 0 Å². The number of para-hydroxylation sites is 1. The summed E-state index contributed by atoms with van der Waals surface area (Å²) in [5, 5.41) is 10.4. The summed E-state index contributed by atoms with van der Waals surface area (Å²) in [5.74, 6) is 1.56. The van der Waals surface area contributed by atoms with Gasteiger partial charge in [0.05, 0.1) is 11.5 Å². The molecule has 0 spiro atoms. The summed E-state index contributed by atoms with van der Waals surface area (Å²) in [6.45, 7) is 1.95. The molecule has 5 rings (SSSR count). The molecule has 0 radical (unpaired) electrons. The fourth-order valence-corrected chi connectivity index (χ4v) is 5.29. The van der Waals surface area contributed by atoms with Gasteiger partial charge in [0.1, 0.15) is 0 Å². The number of benzene rings is 1. The summed E-state index contributed by atoms with van der Waals surface area (Å²) in [7, 11) is 0. The molecule has 4 aromatic rings. The quantitative estimate of drug-likeness (QED) is 0.311. The first-order valence-electron chi connectivity index (χ1n) is 10.5. The molecular formula is C23H24N4O2S. The number of hydrogen-bond acceptors (Lipinski definition) is 5. The smallest absolute Gasteiger partial charge is 0.200 e. The van der Waals surface area contributed by atoms with Crippen molar-refractivity contribution in [3.63, 3.8) is 0 Å². The van der Waals surface area contributed by atoms with Crippen LogP contribution in [0.3, 0.4) is 0 Å². The summed E-state index contributed by atoms with van der Waals surface area (Å²) >= 11 is 1.48. The standard InChI is InChI=1S/C23H24N4O2S/c1-15(21(28)18-14-24-19-11-6-5-10-17(18)19)30-23-26-25-22(20-12-7-13-29-20)27(23)16-8-3-2-4-9-16/h5-7,10-16,24H,2-4,8-9H2,1H3/t15-/m0/s1. The van der Waals surface area contributed by atoms with Crippen molar-refractivity contribution in [2.24, 2.45) is 0 Å². The van der Waals surface area contributed by atoms with Gasteiger partial charge >= 0.3 is 0 Å². The van der Waals surface area contributed by atoms with Crippen molar-refractivity contribution in [3.8, 4) is 11.6 Å². The Hall–Kier alpha value is -2.80. The number of hydrogen-bond donors (Lipinski definition) is 1. The molecule has 0 amide bonds. The van der Waals surface area contributed by atoms with Crippen molar-refractivity contribution >= 4 is 28.4 Å². The minimum absolute atomic E-state index is 0.0928. The number of nitrogens with zero attached hydrogens (tertiary/aromatic N) is 3. The number of furan rings is 1. The van der Waals surface area contributed by atoms with Crippen LogP contribution >= 0.6 is 11.8 Å². The van der Waals surface area contributed by atoms with Crippen molar-refractivity contribution < 1.29 is 9.21 Å². The number of carbonyl (C=O) groups is 1. The molecule has 1 aromatic carbocycles. The number of rotatable bonds is 6. The Balaban J connectivity index is 1.46. The van der Waals surface area contributed by atoms with Crippen LogP contribution in [-0.4, -0.2) is 30.8 Å². The molecule has 0 aliphatic heterocycles. The molecule has 154 valence electrons. The minimum atomic E-state index is -0.278. The monoisotopic (exact) mass is 420 g/mol. The van der Waals surface area contributed by atoms with Gasteiger partial charge in [-0.1, -0.05) is 49.2 Å². The van der Waals surface area contributed by atoms with Gasteiger partial charge in [0.2, 0.25) is 5.82 Å². The molecule has 1 N–H and O–H groups in total. The minimum Gasteiger partial charge on any atom is -0.461 e. The predicted octanol–water partition coefficient (Wildman–Crippen LogP) is 5.89. The average molecular weight is 421 g/mol. The molecule has 30 heavy (non-hydrogen) atoms. The average Bonchev–Trinajstić information content (AvgIpc) is 3.53. The molecule has 1 aliphatic rings. The first-order valence-corrected chi connectivity index (χ1v) is 11.4. The highest BCUT2D eigenvalue weighted by Gasteiger charge is 2.28. The normalized spacial score (nSPS) is 16.2.